The van der Waals surface area contributed by atoms with Crippen molar-refractivity contribution < 1.29 is 9.53 Å². The van der Waals surface area contributed by atoms with E-state index in [1.807, 2.05) is 47.2 Å². The first-order valence-corrected chi connectivity index (χ1v) is 10.3. The molecule has 2 aromatic carbocycles. The maximum atomic E-state index is 12.5. The molecule has 1 fully saturated rings. The number of nitrogens with one attached hydrogen (secondary N) is 1. The van der Waals surface area contributed by atoms with Crippen LogP contribution in [-0.2, 0) is 11.3 Å². The molecule has 152 valence electrons. The van der Waals surface area contributed by atoms with Gasteiger partial charge in [-0.25, -0.2) is 0 Å². The quantitative estimate of drug-likeness (QED) is 0.659. The second-order valence-corrected chi connectivity index (χ2v) is 8.14. The Morgan fingerprint density at radius 1 is 1.24 bits per heavy atom. The second kappa shape index (κ2) is 8.37. The van der Waals surface area contributed by atoms with Crippen molar-refractivity contribution in [3.8, 4) is 5.75 Å². The Morgan fingerprint density at radius 2 is 2.10 bits per heavy atom. The van der Waals surface area contributed by atoms with E-state index in [1.54, 1.807) is 7.11 Å². The summed E-state index contributed by atoms with van der Waals surface area (Å²) < 4.78 is 7.24. The van der Waals surface area contributed by atoms with Crippen LogP contribution in [0.5, 0.6) is 5.75 Å². The van der Waals surface area contributed by atoms with Gasteiger partial charge in [0.25, 0.3) is 0 Å². The Kier molecular flexibility index (Phi) is 5.67. The van der Waals surface area contributed by atoms with Gasteiger partial charge < -0.3 is 19.5 Å². The van der Waals surface area contributed by atoms with Gasteiger partial charge in [-0.15, -0.1) is 0 Å². The number of hydrogen-bond acceptors (Lipinski definition) is 3. The van der Waals surface area contributed by atoms with E-state index < -0.39 is 0 Å². The van der Waals surface area contributed by atoms with Crippen molar-refractivity contribution in [1.29, 1.82) is 0 Å². The molecule has 1 aliphatic rings. The lowest BCUT2D eigenvalue weighted by Crippen LogP contribution is -2.33. The fraction of sp³-hybridized carbons (Fsp3) is 0.348. The maximum Gasteiger partial charge on any atom is 0.239 e. The zero-order valence-electron chi connectivity index (χ0n) is 16.8. The normalized spacial score (nSPS) is 16.4. The van der Waals surface area contributed by atoms with E-state index in [2.05, 4.69) is 23.2 Å². The number of carbonyl (C=O) groups excluding carboxylic acids is 1. The summed E-state index contributed by atoms with van der Waals surface area (Å²) >= 11 is 6.17. The average Bonchev–Trinajstić information content (AvgIpc) is 3.35. The molecule has 1 atom stereocenters. The number of halogens is 1. The number of aromatic nitrogens is 1. The van der Waals surface area contributed by atoms with Crippen LogP contribution in [0.1, 0.15) is 12.0 Å². The van der Waals surface area contributed by atoms with Gasteiger partial charge in [0.1, 0.15) is 12.3 Å². The monoisotopic (exact) mass is 411 g/mol. The Labute approximate surface area is 176 Å². The molecule has 3 aromatic rings. The largest absolute Gasteiger partial charge is 0.497 e. The smallest absolute Gasteiger partial charge is 0.239 e. The molecule has 29 heavy (non-hydrogen) atoms. The Bertz CT molecular complexity index is 1030. The number of nitrogens with zero attached hydrogens (tertiary/aromatic N) is 2. The van der Waals surface area contributed by atoms with E-state index in [0.717, 1.165) is 41.2 Å². The highest BCUT2D eigenvalue weighted by Crippen LogP contribution is 2.29. The molecule has 1 aliphatic heterocycles. The molecular formula is C23H26ClN3O2. The van der Waals surface area contributed by atoms with Crippen LogP contribution < -0.4 is 15.0 Å². The number of ether oxygens (including phenoxy) is 1. The van der Waals surface area contributed by atoms with Crippen molar-refractivity contribution in [3.63, 3.8) is 0 Å². The van der Waals surface area contributed by atoms with Crippen molar-refractivity contribution in [3.05, 3.63) is 59.2 Å². The summed E-state index contributed by atoms with van der Waals surface area (Å²) in [5.41, 5.74) is 3.46. The number of anilines is 1. The summed E-state index contributed by atoms with van der Waals surface area (Å²) in [4.78, 5) is 14.9. The van der Waals surface area contributed by atoms with Gasteiger partial charge in [0, 0.05) is 47.4 Å². The van der Waals surface area contributed by atoms with E-state index >= 15 is 0 Å². The molecule has 1 amide bonds. The summed E-state index contributed by atoms with van der Waals surface area (Å²) in [5, 5.41) is 4.94. The van der Waals surface area contributed by atoms with Crippen molar-refractivity contribution in [2.45, 2.75) is 19.9 Å². The van der Waals surface area contributed by atoms with Crippen LogP contribution in [-0.4, -0.2) is 37.2 Å². The lowest BCUT2D eigenvalue weighted by molar-refractivity contribution is -0.121. The molecule has 0 spiro atoms. The lowest BCUT2D eigenvalue weighted by Gasteiger charge is -2.21. The van der Waals surface area contributed by atoms with Crippen molar-refractivity contribution in [2.24, 2.45) is 5.92 Å². The number of fused-ring (bicyclic) bond motifs is 1. The van der Waals surface area contributed by atoms with E-state index in [9.17, 15) is 4.79 Å². The van der Waals surface area contributed by atoms with Crippen LogP contribution in [0.4, 0.5) is 5.69 Å². The molecule has 1 unspecified atom stereocenters. The molecule has 1 saturated heterocycles. The number of aryl methyl sites for hydroxylation is 1. The Balaban J connectivity index is 1.32. The van der Waals surface area contributed by atoms with Crippen LogP contribution in [0.15, 0.2) is 48.7 Å². The molecule has 5 nitrogen and oxygen atoms in total. The molecule has 0 saturated carbocycles. The summed E-state index contributed by atoms with van der Waals surface area (Å²) in [6.45, 7) is 5.05. The predicted molar refractivity (Wildman–Crippen MR) is 118 cm³/mol. The number of amides is 1. The zero-order chi connectivity index (χ0) is 20.4. The highest BCUT2D eigenvalue weighted by molar-refractivity contribution is 6.30. The second-order valence-electron chi connectivity index (χ2n) is 7.70. The predicted octanol–water partition coefficient (Wildman–Crippen LogP) is 4.25. The first-order chi connectivity index (χ1) is 14.0. The third-order valence-electron chi connectivity index (χ3n) is 5.68. The van der Waals surface area contributed by atoms with Gasteiger partial charge in [-0.05, 0) is 61.2 Å². The van der Waals surface area contributed by atoms with Gasteiger partial charge in [0.05, 0.1) is 7.11 Å². The fourth-order valence-electron chi connectivity index (χ4n) is 4.05. The molecular weight excluding hydrogens is 386 g/mol. The zero-order valence-corrected chi connectivity index (χ0v) is 17.6. The number of hydrogen-bond donors (Lipinski definition) is 1. The highest BCUT2D eigenvalue weighted by atomic mass is 35.5. The number of benzene rings is 2. The van der Waals surface area contributed by atoms with Crippen LogP contribution in [0.2, 0.25) is 5.02 Å². The lowest BCUT2D eigenvalue weighted by atomic mass is 10.1. The van der Waals surface area contributed by atoms with E-state index in [4.69, 9.17) is 16.3 Å². The van der Waals surface area contributed by atoms with Gasteiger partial charge in [0.2, 0.25) is 5.91 Å². The molecule has 4 rings (SSSR count). The first kappa shape index (κ1) is 19.6. The van der Waals surface area contributed by atoms with E-state index in [-0.39, 0.29) is 5.91 Å². The van der Waals surface area contributed by atoms with Gasteiger partial charge >= 0.3 is 0 Å². The van der Waals surface area contributed by atoms with Gasteiger partial charge in [-0.1, -0.05) is 17.7 Å². The van der Waals surface area contributed by atoms with Crippen LogP contribution in [0.3, 0.4) is 0 Å². The van der Waals surface area contributed by atoms with Crippen molar-refractivity contribution >= 4 is 34.1 Å². The maximum absolute atomic E-state index is 12.5. The van der Waals surface area contributed by atoms with Crippen LogP contribution >= 0.6 is 11.6 Å². The average molecular weight is 412 g/mol. The molecule has 0 radical (unpaired) electrons. The molecule has 2 heterocycles. The standard InChI is InChI=1S/C23H26ClN3O2/c1-16-3-4-19(24)12-22(16)26-9-7-17(14-26)13-25-23(28)15-27-10-8-18-11-20(29-2)5-6-21(18)27/h3-6,8,10-12,17H,7,9,13-15H2,1-2H3,(H,25,28). The van der Waals surface area contributed by atoms with Crippen molar-refractivity contribution in [2.75, 3.05) is 31.6 Å². The van der Waals surface area contributed by atoms with Crippen LogP contribution in [0.25, 0.3) is 10.9 Å². The molecule has 0 bridgehead atoms. The van der Waals surface area contributed by atoms with Gasteiger partial charge in [0.15, 0.2) is 0 Å². The number of rotatable bonds is 6. The van der Waals surface area contributed by atoms with Gasteiger partial charge in [-0.3, -0.25) is 4.79 Å². The third kappa shape index (κ3) is 4.35. The van der Waals surface area contributed by atoms with E-state index in [0.29, 0.717) is 19.0 Å². The summed E-state index contributed by atoms with van der Waals surface area (Å²) in [7, 11) is 1.66. The minimum absolute atomic E-state index is 0.0377. The van der Waals surface area contributed by atoms with Crippen LogP contribution in [0, 0.1) is 12.8 Å². The third-order valence-corrected chi connectivity index (χ3v) is 5.91. The van der Waals surface area contributed by atoms with Crippen molar-refractivity contribution in [1.82, 2.24) is 9.88 Å². The number of methoxy groups -OCH3 is 1. The first-order valence-electron chi connectivity index (χ1n) is 9.94. The highest BCUT2D eigenvalue weighted by Gasteiger charge is 2.24. The fourth-order valence-corrected chi connectivity index (χ4v) is 4.22. The molecule has 1 N–H and O–H groups in total. The Hall–Kier alpha value is -2.66. The topological polar surface area (TPSA) is 46.5 Å². The molecule has 0 aliphatic carbocycles. The molecule has 1 aromatic heterocycles. The summed E-state index contributed by atoms with van der Waals surface area (Å²) in [5.74, 6) is 1.30. The van der Waals surface area contributed by atoms with E-state index in [1.165, 1.54) is 11.3 Å². The Morgan fingerprint density at radius 3 is 2.93 bits per heavy atom. The summed E-state index contributed by atoms with van der Waals surface area (Å²) in [6, 6.07) is 13.9. The minimum Gasteiger partial charge on any atom is -0.497 e. The SMILES string of the molecule is COc1ccc2c(ccn2CC(=O)NCC2CCN(c3cc(Cl)ccc3C)C2)c1. The van der Waals surface area contributed by atoms with Gasteiger partial charge in [-0.2, -0.15) is 0 Å². The minimum atomic E-state index is 0.0377. The number of carbonyl (C=O) groups is 1. The molecule has 6 heteroatoms. The summed E-state index contributed by atoms with van der Waals surface area (Å²) in [6.07, 6.45) is 3.02.